The molecule has 126 valence electrons. The summed E-state index contributed by atoms with van der Waals surface area (Å²) < 4.78 is 0. The number of nitrogens with zero attached hydrogens (tertiary/aromatic N) is 1. The fourth-order valence-corrected chi connectivity index (χ4v) is 4.30. The van der Waals surface area contributed by atoms with E-state index in [-0.39, 0.29) is 0 Å². The van der Waals surface area contributed by atoms with Crippen LogP contribution in [0.15, 0.2) is 0 Å². The predicted molar refractivity (Wildman–Crippen MR) is 89.4 cm³/mol. The Morgan fingerprint density at radius 2 is 1.73 bits per heavy atom. The summed E-state index contributed by atoms with van der Waals surface area (Å²) in [4.78, 5) is 14.5. The van der Waals surface area contributed by atoms with Gasteiger partial charge in [-0.1, -0.05) is 12.8 Å². The second-order valence-corrected chi connectivity index (χ2v) is 7.91. The van der Waals surface area contributed by atoms with Gasteiger partial charge in [0, 0.05) is 25.0 Å². The van der Waals surface area contributed by atoms with Crippen molar-refractivity contribution < 1.29 is 4.79 Å². The first kappa shape index (κ1) is 16.3. The number of nitrogens with one attached hydrogen (secondary N) is 1. The molecule has 1 heterocycles. The van der Waals surface area contributed by atoms with Gasteiger partial charge in [0.05, 0.1) is 0 Å². The van der Waals surface area contributed by atoms with Gasteiger partial charge in [-0.05, 0) is 69.9 Å². The van der Waals surface area contributed by atoms with Crippen LogP contribution < -0.4 is 11.1 Å². The van der Waals surface area contributed by atoms with Crippen molar-refractivity contribution in [3.05, 3.63) is 0 Å². The SMILES string of the molecule is N[C@H]1CCC[C@@H](CN2CCC(CNC(=O)C3CCC3)CC2)C1. The Balaban J connectivity index is 1.31. The third-order valence-electron chi connectivity index (χ3n) is 6.09. The molecule has 3 rings (SSSR count). The highest BCUT2D eigenvalue weighted by Gasteiger charge is 2.27. The van der Waals surface area contributed by atoms with E-state index in [1.54, 1.807) is 0 Å². The van der Waals surface area contributed by atoms with Gasteiger partial charge in [0.25, 0.3) is 0 Å². The molecule has 0 bridgehead atoms. The smallest absolute Gasteiger partial charge is 0.223 e. The maximum absolute atomic E-state index is 11.9. The fraction of sp³-hybridized carbons (Fsp3) is 0.944. The van der Waals surface area contributed by atoms with Crippen LogP contribution in [0.3, 0.4) is 0 Å². The zero-order chi connectivity index (χ0) is 15.4. The highest BCUT2D eigenvalue weighted by molar-refractivity contribution is 5.79. The lowest BCUT2D eigenvalue weighted by molar-refractivity contribution is -0.127. The van der Waals surface area contributed by atoms with Crippen molar-refractivity contribution in [2.45, 2.75) is 63.8 Å². The van der Waals surface area contributed by atoms with Crippen LogP contribution in [0.2, 0.25) is 0 Å². The largest absolute Gasteiger partial charge is 0.356 e. The van der Waals surface area contributed by atoms with Gasteiger partial charge in [-0.3, -0.25) is 4.79 Å². The van der Waals surface area contributed by atoms with Crippen molar-refractivity contribution in [3.63, 3.8) is 0 Å². The third-order valence-corrected chi connectivity index (χ3v) is 6.09. The Kier molecular flexibility index (Phi) is 5.75. The number of carbonyl (C=O) groups is 1. The minimum Gasteiger partial charge on any atom is -0.356 e. The van der Waals surface area contributed by atoms with E-state index in [0.717, 1.165) is 25.3 Å². The normalized spacial score (nSPS) is 31.7. The molecular weight excluding hydrogens is 274 g/mol. The van der Waals surface area contributed by atoms with E-state index in [9.17, 15) is 4.79 Å². The molecule has 0 spiro atoms. The minimum atomic E-state index is 0.310. The Morgan fingerprint density at radius 1 is 1.00 bits per heavy atom. The summed E-state index contributed by atoms with van der Waals surface area (Å²) in [6, 6.07) is 0.443. The quantitative estimate of drug-likeness (QED) is 0.818. The second kappa shape index (κ2) is 7.78. The molecule has 22 heavy (non-hydrogen) atoms. The summed E-state index contributed by atoms with van der Waals surface area (Å²) in [5.41, 5.74) is 6.10. The van der Waals surface area contributed by atoms with Crippen LogP contribution in [0.4, 0.5) is 0 Å². The first-order valence-corrected chi connectivity index (χ1v) is 9.46. The van der Waals surface area contributed by atoms with E-state index >= 15 is 0 Å². The number of hydrogen-bond acceptors (Lipinski definition) is 3. The van der Waals surface area contributed by atoms with Gasteiger partial charge < -0.3 is 16.0 Å². The van der Waals surface area contributed by atoms with Gasteiger partial charge in [-0.2, -0.15) is 0 Å². The van der Waals surface area contributed by atoms with Crippen molar-refractivity contribution >= 4 is 5.91 Å². The highest BCUT2D eigenvalue weighted by Crippen LogP contribution is 2.27. The summed E-state index contributed by atoms with van der Waals surface area (Å²) in [6.07, 6.45) is 11.0. The van der Waals surface area contributed by atoms with Gasteiger partial charge in [-0.15, -0.1) is 0 Å². The third kappa shape index (κ3) is 4.45. The number of rotatable bonds is 5. The molecule has 0 aromatic rings. The van der Waals surface area contributed by atoms with Crippen LogP contribution in [0, 0.1) is 17.8 Å². The molecule has 1 amide bonds. The van der Waals surface area contributed by atoms with Gasteiger partial charge in [0.15, 0.2) is 0 Å². The van der Waals surface area contributed by atoms with Crippen LogP contribution in [0.1, 0.15) is 57.8 Å². The van der Waals surface area contributed by atoms with Crippen LogP contribution in [0.5, 0.6) is 0 Å². The molecule has 2 aliphatic carbocycles. The van der Waals surface area contributed by atoms with Crippen molar-refractivity contribution in [2.75, 3.05) is 26.2 Å². The standard InChI is InChI=1S/C18H33N3O/c19-17-6-1-3-15(11-17)13-21-9-7-14(8-10-21)12-20-18(22)16-4-2-5-16/h14-17H,1-13,19H2,(H,20,22)/t15-,17+/m1/s1. The molecule has 0 aromatic heterocycles. The molecule has 2 saturated carbocycles. The zero-order valence-electron chi connectivity index (χ0n) is 13.9. The molecule has 0 aromatic carbocycles. The Morgan fingerprint density at radius 3 is 2.36 bits per heavy atom. The average Bonchev–Trinajstić information content (AvgIpc) is 2.45. The van der Waals surface area contributed by atoms with Crippen LogP contribution in [-0.4, -0.2) is 43.0 Å². The van der Waals surface area contributed by atoms with Gasteiger partial charge in [-0.25, -0.2) is 0 Å². The summed E-state index contributed by atoms with van der Waals surface area (Å²) in [7, 11) is 0. The fourth-order valence-electron chi connectivity index (χ4n) is 4.30. The molecule has 4 nitrogen and oxygen atoms in total. The molecule has 3 aliphatic rings. The maximum atomic E-state index is 11.9. The van der Waals surface area contributed by atoms with E-state index in [2.05, 4.69) is 10.2 Å². The highest BCUT2D eigenvalue weighted by atomic mass is 16.1. The van der Waals surface area contributed by atoms with Gasteiger partial charge >= 0.3 is 0 Å². The monoisotopic (exact) mass is 307 g/mol. The molecule has 1 aliphatic heterocycles. The molecule has 0 radical (unpaired) electrons. The lowest BCUT2D eigenvalue weighted by Gasteiger charge is -2.36. The molecule has 2 atom stereocenters. The van der Waals surface area contributed by atoms with Crippen LogP contribution in [-0.2, 0) is 4.79 Å². The average molecular weight is 307 g/mol. The number of nitrogens with two attached hydrogens (primary N) is 1. The van der Waals surface area contributed by atoms with E-state index in [1.807, 2.05) is 0 Å². The molecule has 4 heteroatoms. The van der Waals surface area contributed by atoms with E-state index in [1.165, 1.54) is 64.6 Å². The van der Waals surface area contributed by atoms with Crippen molar-refractivity contribution in [3.8, 4) is 0 Å². The van der Waals surface area contributed by atoms with Crippen molar-refractivity contribution in [2.24, 2.45) is 23.5 Å². The van der Waals surface area contributed by atoms with E-state index in [0.29, 0.717) is 23.8 Å². The minimum absolute atomic E-state index is 0.310. The lowest BCUT2D eigenvalue weighted by atomic mass is 9.84. The predicted octanol–water partition coefficient (Wildman–Crippen LogP) is 2.13. The maximum Gasteiger partial charge on any atom is 0.223 e. The Hall–Kier alpha value is -0.610. The zero-order valence-corrected chi connectivity index (χ0v) is 13.9. The van der Waals surface area contributed by atoms with Crippen molar-refractivity contribution in [1.29, 1.82) is 0 Å². The van der Waals surface area contributed by atoms with E-state index in [4.69, 9.17) is 5.73 Å². The van der Waals surface area contributed by atoms with Crippen LogP contribution >= 0.6 is 0 Å². The molecular formula is C18H33N3O. The first-order valence-electron chi connectivity index (χ1n) is 9.46. The Labute approximate surface area is 135 Å². The lowest BCUT2D eigenvalue weighted by Crippen LogP contribution is -2.43. The summed E-state index contributed by atoms with van der Waals surface area (Å²) in [5.74, 6) is 2.15. The summed E-state index contributed by atoms with van der Waals surface area (Å²) >= 11 is 0. The summed E-state index contributed by atoms with van der Waals surface area (Å²) in [6.45, 7) is 4.55. The topological polar surface area (TPSA) is 58.4 Å². The van der Waals surface area contributed by atoms with Crippen molar-refractivity contribution in [1.82, 2.24) is 10.2 Å². The molecule has 0 unspecified atom stereocenters. The molecule has 3 fully saturated rings. The number of amides is 1. The molecule has 1 saturated heterocycles. The Bertz CT molecular complexity index is 361. The first-order chi connectivity index (χ1) is 10.7. The van der Waals surface area contributed by atoms with Gasteiger partial charge in [0.1, 0.15) is 0 Å². The number of likely N-dealkylation sites (tertiary alicyclic amines) is 1. The van der Waals surface area contributed by atoms with E-state index < -0.39 is 0 Å². The number of hydrogen-bond donors (Lipinski definition) is 2. The summed E-state index contributed by atoms with van der Waals surface area (Å²) in [5, 5.41) is 3.18. The number of piperidine rings is 1. The second-order valence-electron chi connectivity index (χ2n) is 7.91. The number of carbonyl (C=O) groups excluding carboxylic acids is 1. The van der Waals surface area contributed by atoms with Gasteiger partial charge in [0.2, 0.25) is 5.91 Å². The van der Waals surface area contributed by atoms with Crippen LogP contribution in [0.25, 0.3) is 0 Å². The molecule has 3 N–H and O–H groups in total.